The SMILES string of the molecule is COC(=O)CC(=O)CC(O)C=Cc1c(C(C)C)nc(C(C)C)c(C=CC(O)CC(=O)CC(=O)OC)c1-c1ccc(F)cc1. The largest absolute Gasteiger partial charge is 0.469 e. The summed E-state index contributed by atoms with van der Waals surface area (Å²) >= 11 is 0. The second-order valence-corrected chi connectivity index (χ2v) is 10.7. The molecule has 232 valence electrons. The van der Waals surface area contributed by atoms with E-state index < -0.39 is 54.4 Å². The first-order valence-electron chi connectivity index (χ1n) is 14.0. The van der Waals surface area contributed by atoms with Crippen molar-refractivity contribution in [1.82, 2.24) is 4.98 Å². The van der Waals surface area contributed by atoms with Gasteiger partial charge >= 0.3 is 11.9 Å². The minimum absolute atomic E-state index is 0.0750. The second kappa shape index (κ2) is 16.6. The molecule has 1 aromatic heterocycles. The summed E-state index contributed by atoms with van der Waals surface area (Å²) in [6, 6.07) is 5.86. The third kappa shape index (κ3) is 10.6. The monoisotopic (exact) mass is 597 g/mol. The number of carbonyl (C=O) groups is 4. The number of methoxy groups -OCH3 is 2. The number of hydrogen-bond donors (Lipinski definition) is 2. The number of ketones is 2. The zero-order valence-electron chi connectivity index (χ0n) is 25.4. The zero-order valence-corrected chi connectivity index (χ0v) is 25.4. The molecule has 9 nitrogen and oxygen atoms in total. The highest BCUT2D eigenvalue weighted by molar-refractivity contribution is 5.96. The van der Waals surface area contributed by atoms with Crippen LogP contribution in [0.5, 0.6) is 0 Å². The first-order chi connectivity index (χ1) is 20.3. The number of aromatic nitrogens is 1. The maximum Gasteiger partial charge on any atom is 0.313 e. The lowest BCUT2D eigenvalue weighted by Gasteiger charge is -2.23. The van der Waals surface area contributed by atoms with E-state index in [4.69, 9.17) is 4.98 Å². The van der Waals surface area contributed by atoms with Crippen molar-refractivity contribution in [3.05, 3.63) is 64.7 Å². The fraction of sp³-hybridized carbons (Fsp3) is 0.424. The third-order valence-corrected chi connectivity index (χ3v) is 6.54. The van der Waals surface area contributed by atoms with Gasteiger partial charge in [0, 0.05) is 24.0 Å². The van der Waals surface area contributed by atoms with E-state index in [-0.39, 0.29) is 24.7 Å². The molecule has 0 bridgehead atoms. The predicted octanol–water partition coefficient (Wildman–Crippen LogP) is 4.93. The van der Waals surface area contributed by atoms with Crippen LogP contribution in [0, 0.1) is 5.82 Å². The van der Waals surface area contributed by atoms with Crippen molar-refractivity contribution in [1.29, 1.82) is 0 Å². The summed E-state index contributed by atoms with van der Waals surface area (Å²) in [4.78, 5) is 52.2. The summed E-state index contributed by atoms with van der Waals surface area (Å²) in [5, 5.41) is 21.2. The molecule has 10 heteroatoms. The highest BCUT2D eigenvalue weighted by Crippen LogP contribution is 2.38. The van der Waals surface area contributed by atoms with Crippen LogP contribution in [0.4, 0.5) is 4.39 Å². The normalized spacial score (nSPS) is 13.1. The van der Waals surface area contributed by atoms with Gasteiger partial charge in [-0.1, -0.05) is 64.1 Å². The molecule has 2 unspecified atom stereocenters. The number of rotatable bonds is 15. The Morgan fingerprint density at radius 1 is 0.767 bits per heavy atom. The number of aliphatic hydroxyl groups is 2. The number of nitrogens with zero attached hydrogens (tertiary/aromatic N) is 1. The Morgan fingerprint density at radius 3 is 1.51 bits per heavy atom. The number of benzene rings is 1. The molecule has 0 aliphatic carbocycles. The van der Waals surface area contributed by atoms with E-state index >= 15 is 0 Å². The van der Waals surface area contributed by atoms with Crippen LogP contribution in [0.2, 0.25) is 0 Å². The van der Waals surface area contributed by atoms with E-state index in [1.54, 1.807) is 24.3 Å². The Labute approximate surface area is 251 Å². The number of ether oxygens (including phenoxy) is 2. The van der Waals surface area contributed by atoms with Crippen LogP contribution in [-0.4, -0.2) is 65.1 Å². The van der Waals surface area contributed by atoms with Gasteiger partial charge in [-0.15, -0.1) is 0 Å². The molecule has 2 aromatic rings. The first kappa shape index (κ1) is 35.2. The molecule has 0 spiro atoms. The van der Waals surface area contributed by atoms with Gasteiger partial charge in [-0.2, -0.15) is 0 Å². The molecule has 1 aromatic carbocycles. The molecule has 0 aliphatic rings. The molecule has 0 saturated heterocycles. The van der Waals surface area contributed by atoms with Crippen LogP contribution in [-0.2, 0) is 28.7 Å². The molecular formula is C33H40FNO8. The van der Waals surface area contributed by atoms with Crippen LogP contribution >= 0.6 is 0 Å². The van der Waals surface area contributed by atoms with Crippen molar-refractivity contribution < 1.29 is 43.3 Å². The Morgan fingerprint density at radius 2 is 1.16 bits per heavy atom. The predicted molar refractivity (Wildman–Crippen MR) is 160 cm³/mol. The lowest BCUT2D eigenvalue weighted by atomic mass is 9.86. The van der Waals surface area contributed by atoms with Crippen molar-refractivity contribution in [2.24, 2.45) is 0 Å². The second-order valence-electron chi connectivity index (χ2n) is 10.7. The van der Waals surface area contributed by atoms with Gasteiger partial charge in [-0.05, 0) is 35.1 Å². The van der Waals surface area contributed by atoms with Gasteiger partial charge in [-0.3, -0.25) is 24.2 Å². The maximum absolute atomic E-state index is 14.0. The van der Waals surface area contributed by atoms with Crippen molar-refractivity contribution in [2.45, 2.75) is 77.4 Å². The molecule has 2 N–H and O–H groups in total. The first-order valence-corrected chi connectivity index (χ1v) is 14.0. The molecule has 43 heavy (non-hydrogen) atoms. The summed E-state index contributed by atoms with van der Waals surface area (Å²) in [6.45, 7) is 7.84. The number of halogens is 1. The van der Waals surface area contributed by atoms with Crippen molar-refractivity contribution in [3.8, 4) is 11.1 Å². The molecule has 1 heterocycles. The van der Waals surface area contributed by atoms with E-state index in [1.807, 2.05) is 27.7 Å². The van der Waals surface area contributed by atoms with Gasteiger partial charge in [0.2, 0.25) is 0 Å². The van der Waals surface area contributed by atoms with E-state index in [2.05, 4.69) is 9.47 Å². The average Bonchev–Trinajstić information content (AvgIpc) is 2.94. The minimum Gasteiger partial charge on any atom is -0.469 e. The Hall–Kier alpha value is -4.02. The molecule has 0 radical (unpaired) electrons. The Balaban J connectivity index is 2.69. The fourth-order valence-corrected chi connectivity index (χ4v) is 4.42. The van der Waals surface area contributed by atoms with Crippen molar-refractivity contribution in [2.75, 3.05) is 14.2 Å². The molecule has 2 atom stereocenters. The van der Waals surface area contributed by atoms with Gasteiger partial charge in [-0.25, -0.2) is 4.39 Å². The lowest BCUT2D eigenvalue weighted by Crippen LogP contribution is -2.16. The highest BCUT2D eigenvalue weighted by atomic mass is 19.1. The highest BCUT2D eigenvalue weighted by Gasteiger charge is 2.23. The van der Waals surface area contributed by atoms with E-state index in [9.17, 15) is 33.8 Å². The van der Waals surface area contributed by atoms with Crippen LogP contribution < -0.4 is 0 Å². The van der Waals surface area contributed by atoms with Gasteiger partial charge in [0.1, 0.15) is 30.2 Å². The van der Waals surface area contributed by atoms with Crippen molar-refractivity contribution in [3.63, 3.8) is 0 Å². The molecule has 0 saturated carbocycles. The number of hydrogen-bond acceptors (Lipinski definition) is 9. The van der Waals surface area contributed by atoms with Crippen LogP contribution in [0.15, 0.2) is 36.4 Å². The summed E-state index contributed by atoms with van der Waals surface area (Å²) < 4.78 is 23.0. The fourth-order valence-electron chi connectivity index (χ4n) is 4.42. The standard InChI is InChI=1S/C33H40FNO8/c1-19(2)32-27(13-11-23(36)15-25(38)17-29(40)42-5)31(21-7-9-22(34)10-8-21)28(33(35-32)20(3)4)14-12-24(37)16-26(39)18-30(41)43-6/h7-14,19-20,23-24,36-37H,15-18H2,1-6H3. The van der Waals surface area contributed by atoms with Crippen LogP contribution in [0.3, 0.4) is 0 Å². The Bertz CT molecular complexity index is 1280. The van der Waals surface area contributed by atoms with Gasteiger partial charge in [0.05, 0.1) is 37.8 Å². The zero-order chi connectivity index (χ0) is 32.3. The summed E-state index contributed by atoms with van der Waals surface area (Å²) in [5.41, 5.74) is 3.90. The number of esters is 2. The molecular weight excluding hydrogens is 557 g/mol. The van der Waals surface area contributed by atoms with E-state index in [0.717, 1.165) is 0 Å². The molecule has 2 rings (SSSR count). The van der Waals surface area contributed by atoms with Gasteiger partial charge in [0.15, 0.2) is 0 Å². The summed E-state index contributed by atoms with van der Waals surface area (Å²) in [7, 11) is 2.35. The van der Waals surface area contributed by atoms with E-state index in [0.29, 0.717) is 33.6 Å². The third-order valence-electron chi connectivity index (χ3n) is 6.54. The quantitative estimate of drug-likeness (QED) is 0.216. The van der Waals surface area contributed by atoms with Crippen LogP contribution in [0.25, 0.3) is 23.3 Å². The number of Topliss-reactive ketones (excluding diaryl/α,β-unsaturated/α-hetero) is 2. The topological polar surface area (TPSA) is 140 Å². The Kier molecular flexibility index (Phi) is 13.6. The maximum atomic E-state index is 14.0. The molecule has 0 aliphatic heterocycles. The van der Waals surface area contributed by atoms with E-state index in [1.165, 1.54) is 38.5 Å². The number of aliphatic hydroxyl groups excluding tert-OH is 2. The van der Waals surface area contributed by atoms with Gasteiger partial charge < -0.3 is 19.7 Å². The lowest BCUT2D eigenvalue weighted by molar-refractivity contribution is -0.145. The summed E-state index contributed by atoms with van der Waals surface area (Å²) in [6.07, 6.45) is 2.25. The molecule has 0 fully saturated rings. The van der Waals surface area contributed by atoms with Gasteiger partial charge in [0.25, 0.3) is 0 Å². The minimum atomic E-state index is -1.20. The number of pyridine rings is 1. The van der Waals surface area contributed by atoms with Crippen molar-refractivity contribution >= 4 is 35.7 Å². The average molecular weight is 598 g/mol. The van der Waals surface area contributed by atoms with Crippen LogP contribution in [0.1, 0.15) is 87.7 Å². The smallest absolute Gasteiger partial charge is 0.313 e. The summed E-state index contributed by atoms with van der Waals surface area (Å²) in [5.74, 6) is -2.94. The number of carbonyl (C=O) groups excluding carboxylic acids is 4. The molecule has 0 amide bonds.